The van der Waals surface area contributed by atoms with E-state index in [2.05, 4.69) is 23.4 Å². The van der Waals surface area contributed by atoms with Crippen LogP contribution in [0.25, 0.3) is 0 Å². The van der Waals surface area contributed by atoms with Gasteiger partial charge < -0.3 is 5.73 Å². The zero-order chi connectivity index (χ0) is 8.43. The van der Waals surface area contributed by atoms with E-state index in [0.29, 0.717) is 5.92 Å². The normalized spacial score (nSPS) is 13.9. The van der Waals surface area contributed by atoms with Crippen molar-refractivity contribution in [1.82, 2.24) is 9.59 Å². The Morgan fingerprint density at radius 1 is 1.36 bits per heavy atom. The van der Waals surface area contributed by atoms with Crippen molar-refractivity contribution in [2.45, 2.75) is 32.7 Å². The van der Waals surface area contributed by atoms with Crippen molar-refractivity contribution >= 4 is 11.5 Å². The minimum Gasteiger partial charge on any atom is -0.323 e. The van der Waals surface area contributed by atoms with E-state index in [1.54, 1.807) is 0 Å². The lowest BCUT2D eigenvalue weighted by Gasteiger charge is -2.05. The number of nitrogens with two attached hydrogens (primary N) is 1. The van der Waals surface area contributed by atoms with Crippen LogP contribution in [0.5, 0.6) is 0 Å². The highest BCUT2D eigenvalue weighted by Crippen LogP contribution is 2.23. The van der Waals surface area contributed by atoms with Gasteiger partial charge in [0.2, 0.25) is 0 Å². The van der Waals surface area contributed by atoms with Gasteiger partial charge >= 0.3 is 0 Å². The molecular weight excluding hydrogens is 158 g/mol. The fourth-order valence-electron chi connectivity index (χ4n) is 0.921. The highest BCUT2D eigenvalue weighted by molar-refractivity contribution is 7.05. The van der Waals surface area contributed by atoms with Crippen molar-refractivity contribution < 1.29 is 0 Å². The van der Waals surface area contributed by atoms with E-state index >= 15 is 0 Å². The maximum Gasteiger partial charge on any atom is 0.0828 e. The van der Waals surface area contributed by atoms with Crippen LogP contribution < -0.4 is 5.73 Å². The molecule has 1 aromatic heterocycles. The van der Waals surface area contributed by atoms with Crippen LogP contribution in [0.2, 0.25) is 0 Å². The van der Waals surface area contributed by atoms with Crippen LogP contribution in [0.3, 0.4) is 0 Å². The Labute approximate surface area is 70.8 Å². The Morgan fingerprint density at radius 3 is 2.36 bits per heavy atom. The first-order valence-corrected chi connectivity index (χ1v) is 4.48. The third-order valence-electron chi connectivity index (χ3n) is 1.50. The summed E-state index contributed by atoms with van der Waals surface area (Å²) in [5.41, 5.74) is 6.77. The van der Waals surface area contributed by atoms with Crippen LogP contribution in [0.4, 0.5) is 0 Å². The van der Waals surface area contributed by atoms with Gasteiger partial charge in [0.15, 0.2) is 0 Å². The maximum atomic E-state index is 5.73. The van der Waals surface area contributed by atoms with E-state index in [9.17, 15) is 0 Å². The van der Waals surface area contributed by atoms with Gasteiger partial charge in [0.1, 0.15) is 0 Å². The lowest BCUT2D eigenvalue weighted by molar-refractivity contribution is 0.753. The predicted octanol–water partition coefficient (Wildman–Crippen LogP) is 1.68. The molecule has 0 radical (unpaired) electrons. The first-order chi connectivity index (χ1) is 5.13. The number of hydrogen-bond acceptors (Lipinski definition) is 4. The third kappa shape index (κ3) is 1.75. The van der Waals surface area contributed by atoms with E-state index < -0.39 is 0 Å². The summed E-state index contributed by atoms with van der Waals surface area (Å²) in [4.78, 5) is 1.11. The van der Waals surface area contributed by atoms with Gasteiger partial charge in [-0.3, -0.25) is 0 Å². The van der Waals surface area contributed by atoms with Crippen LogP contribution >= 0.6 is 11.5 Å². The molecule has 0 aliphatic rings. The molecule has 4 heteroatoms. The van der Waals surface area contributed by atoms with E-state index in [0.717, 1.165) is 10.6 Å². The summed E-state index contributed by atoms with van der Waals surface area (Å²) in [6.45, 7) is 6.16. The average molecular weight is 171 g/mol. The summed E-state index contributed by atoms with van der Waals surface area (Å²) < 4.78 is 3.88. The predicted molar refractivity (Wildman–Crippen MR) is 46.6 cm³/mol. The van der Waals surface area contributed by atoms with Gasteiger partial charge in [-0.05, 0) is 24.4 Å². The minimum atomic E-state index is 0.0624. The van der Waals surface area contributed by atoms with E-state index in [1.165, 1.54) is 11.5 Å². The van der Waals surface area contributed by atoms with Gasteiger partial charge in [-0.1, -0.05) is 18.3 Å². The Bertz CT molecular complexity index is 207. The molecule has 11 heavy (non-hydrogen) atoms. The second-order valence-corrected chi connectivity index (χ2v) is 3.75. The SMILES string of the molecule is CC(C)c1nnsc1C(C)N. The molecule has 0 amide bonds. The van der Waals surface area contributed by atoms with Crippen LogP contribution in [0.15, 0.2) is 0 Å². The van der Waals surface area contributed by atoms with Crippen LogP contribution in [-0.4, -0.2) is 9.59 Å². The second kappa shape index (κ2) is 3.28. The molecule has 1 rings (SSSR count). The Hall–Kier alpha value is -0.480. The quantitative estimate of drug-likeness (QED) is 0.736. The zero-order valence-corrected chi connectivity index (χ0v) is 7.85. The molecule has 1 heterocycles. The van der Waals surface area contributed by atoms with Gasteiger partial charge in [0, 0.05) is 6.04 Å². The van der Waals surface area contributed by atoms with Crippen molar-refractivity contribution in [2.24, 2.45) is 5.73 Å². The van der Waals surface area contributed by atoms with E-state index in [-0.39, 0.29) is 6.04 Å². The van der Waals surface area contributed by atoms with Crippen molar-refractivity contribution in [3.63, 3.8) is 0 Å². The summed E-state index contributed by atoms with van der Waals surface area (Å²) in [6, 6.07) is 0.0624. The largest absolute Gasteiger partial charge is 0.323 e. The molecule has 1 aromatic rings. The standard InChI is InChI=1S/C7H13N3S/c1-4(2)6-7(5(3)8)11-10-9-6/h4-5H,8H2,1-3H3. The molecule has 0 fully saturated rings. The van der Waals surface area contributed by atoms with Gasteiger partial charge in [0.05, 0.1) is 10.6 Å². The van der Waals surface area contributed by atoms with Crippen LogP contribution in [-0.2, 0) is 0 Å². The summed E-state index contributed by atoms with van der Waals surface area (Å²) in [7, 11) is 0. The van der Waals surface area contributed by atoms with Crippen LogP contribution in [0.1, 0.15) is 43.3 Å². The number of nitrogens with zero attached hydrogens (tertiary/aromatic N) is 2. The van der Waals surface area contributed by atoms with Crippen molar-refractivity contribution in [2.75, 3.05) is 0 Å². The molecule has 62 valence electrons. The number of rotatable bonds is 2. The summed E-state index contributed by atoms with van der Waals surface area (Å²) in [5.74, 6) is 0.426. The Kier molecular flexibility index (Phi) is 2.57. The van der Waals surface area contributed by atoms with E-state index in [1.807, 2.05) is 6.92 Å². The first kappa shape index (κ1) is 8.62. The maximum absolute atomic E-state index is 5.73. The number of aromatic nitrogens is 2. The highest BCUT2D eigenvalue weighted by Gasteiger charge is 2.13. The fourth-order valence-corrected chi connectivity index (χ4v) is 1.67. The fraction of sp³-hybridized carbons (Fsp3) is 0.714. The molecule has 0 saturated heterocycles. The zero-order valence-electron chi connectivity index (χ0n) is 7.03. The molecule has 0 aliphatic heterocycles. The first-order valence-electron chi connectivity index (χ1n) is 3.70. The van der Waals surface area contributed by atoms with Gasteiger partial charge in [-0.25, -0.2) is 0 Å². The summed E-state index contributed by atoms with van der Waals surface area (Å²) >= 11 is 1.40. The van der Waals surface area contributed by atoms with Crippen molar-refractivity contribution in [1.29, 1.82) is 0 Å². The smallest absolute Gasteiger partial charge is 0.0828 e. The lowest BCUT2D eigenvalue weighted by atomic mass is 10.1. The van der Waals surface area contributed by atoms with Gasteiger partial charge in [-0.2, -0.15) is 0 Å². The third-order valence-corrected chi connectivity index (χ3v) is 2.44. The Balaban J connectivity index is 2.96. The van der Waals surface area contributed by atoms with Gasteiger partial charge in [0.25, 0.3) is 0 Å². The molecule has 0 saturated carbocycles. The molecule has 0 bridgehead atoms. The molecule has 1 unspecified atom stereocenters. The average Bonchev–Trinajstić information content (AvgIpc) is 2.32. The topological polar surface area (TPSA) is 51.8 Å². The van der Waals surface area contributed by atoms with Crippen LogP contribution in [0, 0.1) is 0 Å². The second-order valence-electron chi connectivity index (χ2n) is 2.97. The molecule has 2 N–H and O–H groups in total. The van der Waals surface area contributed by atoms with Gasteiger partial charge in [-0.15, -0.1) is 5.10 Å². The number of hydrogen-bond donors (Lipinski definition) is 1. The molecule has 3 nitrogen and oxygen atoms in total. The monoisotopic (exact) mass is 171 g/mol. The molecule has 1 atom stereocenters. The molecule has 0 aliphatic carbocycles. The summed E-state index contributed by atoms with van der Waals surface area (Å²) in [5, 5.41) is 4.03. The van der Waals surface area contributed by atoms with Crippen molar-refractivity contribution in [3.05, 3.63) is 10.6 Å². The van der Waals surface area contributed by atoms with Crippen molar-refractivity contribution in [3.8, 4) is 0 Å². The lowest BCUT2D eigenvalue weighted by Crippen LogP contribution is -2.06. The highest BCUT2D eigenvalue weighted by atomic mass is 32.1. The molecule has 0 spiro atoms. The van der Waals surface area contributed by atoms with E-state index in [4.69, 9.17) is 5.73 Å². The minimum absolute atomic E-state index is 0.0624. The summed E-state index contributed by atoms with van der Waals surface area (Å²) in [6.07, 6.45) is 0. The molecule has 0 aromatic carbocycles. The molecular formula is C7H13N3S. The Morgan fingerprint density at radius 2 is 2.00 bits per heavy atom.